The minimum absolute atomic E-state index is 0.320. The minimum Gasteiger partial charge on any atom is -0.543 e. The van der Waals surface area contributed by atoms with E-state index in [1.54, 1.807) is 0 Å². The summed E-state index contributed by atoms with van der Waals surface area (Å²) < 4.78 is 32.8. The van der Waals surface area contributed by atoms with Crippen LogP contribution in [0.25, 0.3) is 0 Å². The van der Waals surface area contributed by atoms with Gasteiger partial charge in [0.15, 0.2) is 0 Å². The number of benzene rings is 1. The fraction of sp³-hybridized carbons (Fsp3) is 0.600. The molecule has 0 aliphatic heterocycles. The second-order valence-corrected chi connectivity index (χ2v) is 11.4. The van der Waals surface area contributed by atoms with Crippen molar-refractivity contribution in [2.45, 2.75) is 58.2 Å². The van der Waals surface area contributed by atoms with Gasteiger partial charge < -0.3 is 4.43 Å². The molecule has 0 spiro atoms. The molecule has 0 saturated heterocycles. The third kappa shape index (κ3) is 3.35. The van der Waals surface area contributed by atoms with Crippen molar-refractivity contribution in [3.05, 3.63) is 29.8 Å². The van der Waals surface area contributed by atoms with Crippen LogP contribution in [0.4, 0.5) is 8.78 Å². The summed E-state index contributed by atoms with van der Waals surface area (Å²) in [7, 11) is -2.15. The largest absolute Gasteiger partial charge is 0.543 e. The predicted octanol–water partition coefficient (Wildman–Crippen LogP) is 5.52. The molecule has 0 N–H and O–H groups in total. The molecule has 0 amide bonds. The minimum atomic E-state index is -2.15. The van der Waals surface area contributed by atoms with Crippen molar-refractivity contribution in [3.8, 4) is 5.75 Å². The highest BCUT2D eigenvalue weighted by molar-refractivity contribution is 6.78. The fourth-order valence-electron chi connectivity index (χ4n) is 3.15. The summed E-state index contributed by atoms with van der Waals surface area (Å²) in [5, 5.41) is 0. The number of hydrogen-bond donors (Lipinski definition) is 0. The van der Waals surface area contributed by atoms with Crippen LogP contribution in [-0.2, 0) is 0 Å². The second-order valence-electron chi connectivity index (χ2n) is 6.02. The van der Waals surface area contributed by atoms with E-state index < -0.39 is 20.0 Å². The Morgan fingerprint density at radius 2 is 1.16 bits per heavy atom. The lowest BCUT2D eigenvalue weighted by Crippen LogP contribution is -2.50. The Balaban J connectivity index is 3.20. The van der Waals surface area contributed by atoms with E-state index in [9.17, 15) is 8.78 Å². The number of hydrogen-bond acceptors (Lipinski definition) is 1. The molecule has 0 atom stereocenters. The molecule has 1 rings (SSSR count). The molecule has 1 aromatic carbocycles. The SMILES string of the molecule is CC(C)[Si](Oc1cc(F)cc(F)c1)(C(C)C)C(C)C. The highest BCUT2D eigenvalue weighted by Crippen LogP contribution is 2.42. The molecule has 19 heavy (non-hydrogen) atoms. The lowest BCUT2D eigenvalue weighted by molar-refractivity contribution is 0.468. The van der Waals surface area contributed by atoms with Crippen LogP contribution in [-0.4, -0.2) is 8.32 Å². The topological polar surface area (TPSA) is 9.23 Å². The quantitative estimate of drug-likeness (QED) is 0.648. The van der Waals surface area contributed by atoms with Crippen LogP contribution in [0.5, 0.6) is 5.75 Å². The van der Waals surface area contributed by atoms with E-state index in [2.05, 4.69) is 41.5 Å². The van der Waals surface area contributed by atoms with Crippen molar-refractivity contribution >= 4 is 8.32 Å². The average molecular weight is 286 g/mol. The van der Waals surface area contributed by atoms with E-state index in [1.165, 1.54) is 12.1 Å². The first-order valence-corrected chi connectivity index (χ1v) is 8.99. The predicted molar refractivity (Wildman–Crippen MR) is 78.0 cm³/mol. The van der Waals surface area contributed by atoms with Gasteiger partial charge in [0.05, 0.1) is 0 Å². The van der Waals surface area contributed by atoms with Gasteiger partial charge in [-0.1, -0.05) is 41.5 Å². The molecule has 4 heteroatoms. The lowest BCUT2D eigenvalue weighted by Gasteiger charge is -2.42. The highest BCUT2D eigenvalue weighted by Gasteiger charge is 2.47. The van der Waals surface area contributed by atoms with Crippen LogP contribution < -0.4 is 4.43 Å². The Bertz CT molecular complexity index is 388. The maximum absolute atomic E-state index is 13.3. The third-order valence-corrected chi connectivity index (χ3v) is 9.84. The standard InChI is InChI=1S/C15H24F2OSi/c1-10(2)19(11(3)4,12(5)6)18-15-8-13(16)7-14(17)9-15/h7-12H,1-6H3. The van der Waals surface area contributed by atoms with Gasteiger partial charge in [-0.05, 0) is 16.6 Å². The molecule has 0 unspecified atom stereocenters. The van der Waals surface area contributed by atoms with E-state index in [0.717, 1.165) is 6.07 Å². The zero-order valence-electron chi connectivity index (χ0n) is 12.6. The van der Waals surface area contributed by atoms with E-state index in [-0.39, 0.29) is 0 Å². The fourth-order valence-corrected chi connectivity index (χ4v) is 8.38. The molecule has 0 aromatic heterocycles. The van der Waals surface area contributed by atoms with Gasteiger partial charge in [0.2, 0.25) is 0 Å². The molecule has 0 bridgehead atoms. The molecule has 1 nitrogen and oxygen atoms in total. The summed E-state index contributed by atoms with van der Waals surface area (Å²) in [6, 6.07) is 3.42. The normalized spacial score (nSPS) is 12.6. The summed E-state index contributed by atoms with van der Waals surface area (Å²) in [6.45, 7) is 12.8. The van der Waals surface area contributed by atoms with Crippen molar-refractivity contribution in [3.63, 3.8) is 0 Å². The van der Waals surface area contributed by atoms with Crippen molar-refractivity contribution in [2.24, 2.45) is 0 Å². The summed E-state index contributed by atoms with van der Waals surface area (Å²) in [6.07, 6.45) is 0. The Labute approximate surface area is 116 Å². The lowest BCUT2D eigenvalue weighted by atomic mass is 10.3. The van der Waals surface area contributed by atoms with E-state index in [0.29, 0.717) is 22.4 Å². The summed E-state index contributed by atoms with van der Waals surface area (Å²) in [5.41, 5.74) is 1.12. The van der Waals surface area contributed by atoms with Crippen molar-refractivity contribution in [2.75, 3.05) is 0 Å². The van der Waals surface area contributed by atoms with Crippen molar-refractivity contribution in [1.82, 2.24) is 0 Å². The van der Waals surface area contributed by atoms with Gasteiger partial charge in [-0.2, -0.15) is 0 Å². The number of halogens is 2. The van der Waals surface area contributed by atoms with Crippen LogP contribution in [0, 0.1) is 11.6 Å². The van der Waals surface area contributed by atoms with E-state index in [1.807, 2.05) is 0 Å². The molecule has 1 aromatic rings. The van der Waals surface area contributed by atoms with Gasteiger partial charge >= 0.3 is 0 Å². The first kappa shape index (κ1) is 16.2. The Morgan fingerprint density at radius 1 is 0.789 bits per heavy atom. The first-order chi connectivity index (χ1) is 8.70. The van der Waals surface area contributed by atoms with Gasteiger partial charge in [-0.25, -0.2) is 8.78 Å². The average Bonchev–Trinajstić information content (AvgIpc) is 2.22. The van der Waals surface area contributed by atoms with Gasteiger partial charge in [-0.3, -0.25) is 0 Å². The molecule has 0 aliphatic carbocycles. The highest BCUT2D eigenvalue weighted by atomic mass is 28.4. The van der Waals surface area contributed by atoms with Crippen LogP contribution >= 0.6 is 0 Å². The summed E-state index contributed by atoms with van der Waals surface area (Å²) in [5.74, 6) is -0.858. The van der Waals surface area contributed by atoms with Crippen LogP contribution in [0.2, 0.25) is 16.6 Å². The molecule has 0 aliphatic rings. The van der Waals surface area contributed by atoms with Gasteiger partial charge in [0.25, 0.3) is 8.32 Å². The molecular formula is C15H24F2OSi. The van der Waals surface area contributed by atoms with Gasteiger partial charge in [-0.15, -0.1) is 0 Å². The summed E-state index contributed by atoms with van der Waals surface area (Å²) >= 11 is 0. The Hall–Kier alpha value is -0.903. The third-order valence-electron chi connectivity index (χ3n) is 3.84. The molecule has 0 radical (unpaired) electrons. The zero-order chi connectivity index (χ0) is 14.8. The Kier molecular flexibility index (Phi) is 5.13. The molecule has 0 fully saturated rings. The maximum atomic E-state index is 13.3. The van der Waals surface area contributed by atoms with Gasteiger partial charge in [0.1, 0.15) is 17.4 Å². The smallest absolute Gasteiger partial charge is 0.258 e. The van der Waals surface area contributed by atoms with Crippen LogP contribution in [0.3, 0.4) is 0 Å². The monoisotopic (exact) mass is 286 g/mol. The van der Waals surface area contributed by atoms with Crippen molar-refractivity contribution < 1.29 is 13.2 Å². The number of rotatable bonds is 5. The van der Waals surface area contributed by atoms with E-state index >= 15 is 0 Å². The zero-order valence-corrected chi connectivity index (χ0v) is 13.6. The van der Waals surface area contributed by atoms with Crippen molar-refractivity contribution in [1.29, 1.82) is 0 Å². The maximum Gasteiger partial charge on any atom is 0.258 e. The molecule has 0 saturated carbocycles. The summed E-state index contributed by atoms with van der Waals surface area (Å²) in [4.78, 5) is 0. The van der Waals surface area contributed by atoms with Crippen LogP contribution in [0.15, 0.2) is 18.2 Å². The molecule has 0 heterocycles. The van der Waals surface area contributed by atoms with Crippen LogP contribution in [0.1, 0.15) is 41.5 Å². The van der Waals surface area contributed by atoms with Gasteiger partial charge in [0, 0.05) is 18.2 Å². The Morgan fingerprint density at radius 3 is 1.47 bits per heavy atom. The second kappa shape index (κ2) is 6.03. The van der Waals surface area contributed by atoms with E-state index in [4.69, 9.17) is 4.43 Å². The first-order valence-electron chi connectivity index (χ1n) is 6.85. The molecule has 108 valence electrons. The molecular weight excluding hydrogens is 262 g/mol.